The average molecular weight is 848 g/mol. The van der Waals surface area contributed by atoms with Crippen LogP contribution in [0.2, 0.25) is 0 Å². The number of hydrogen-bond acceptors (Lipinski definition) is 9. The summed E-state index contributed by atoms with van der Waals surface area (Å²) in [6.07, 6.45) is 2.03. The summed E-state index contributed by atoms with van der Waals surface area (Å²) in [6.45, 7) is 9.81. The Morgan fingerprint density at radius 2 is 1.69 bits per heavy atom. The number of carbonyl (C=O) groups is 5. The highest BCUT2D eigenvalue weighted by Crippen LogP contribution is 2.39. The summed E-state index contributed by atoms with van der Waals surface area (Å²) in [5.41, 5.74) is 2.04. The quantitative estimate of drug-likeness (QED) is 0.0729. The Balaban J connectivity index is 1.31. The lowest BCUT2D eigenvalue weighted by Gasteiger charge is -2.30. The molecule has 0 fully saturated rings. The molecule has 2 heterocycles. The van der Waals surface area contributed by atoms with E-state index >= 15 is 0 Å². The first kappa shape index (κ1) is 41.2. The largest absolute Gasteiger partial charge is 0.462 e. The van der Waals surface area contributed by atoms with Crippen LogP contribution in [-0.4, -0.2) is 58.7 Å². The van der Waals surface area contributed by atoms with Gasteiger partial charge >= 0.3 is 12.1 Å². The number of benzene rings is 3. The molecule has 5 rings (SSSR count). The molecule has 4 aromatic rings. The number of halogens is 1. The molecule has 1 aliphatic heterocycles. The number of carbonyl (C=O) groups excluding carboxylic acids is 5. The van der Waals surface area contributed by atoms with E-state index in [9.17, 15) is 24.0 Å². The topological polar surface area (TPSA) is 143 Å². The van der Waals surface area contributed by atoms with Crippen molar-refractivity contribution < 1.29 is 33.4 Å². The number of thioether (sulfide) groups is 1. The van der Waals surface area contributed by atoms with E-state index in [1.165, 1.54) is 23.1 Å². The van der Waals surface area contributed by atoms with Crippen molar-refractivity contribution in [1.82, 2.24) is 10.2 Å². The van der Waals surface area contributed by atoms with E-state index in [0.717, 1.165) is 19.8 Å². The SMILES string of the molecule is CCOC(=O)c1c(NC(=O)C(CC)Sc2cccc(NC(=O)/C(=C\c3ccc(Br)cc3)NC(=O)c3ccccc3)c2)sc2c1CCN(C(=O)OC(C)(C)C)C2. The molecule has 14 heteroatoms. The molecule has 1 aliphatic rings. The van der Waals surface area contributed by atoms with Crippen molar-refractivity contribution in [2.45, 2.75) is 69.8 Å². The van der Waals surface area contributed by atoms with E-state index in [1.807, 2.05) is 37.3 Å². The highest BCUT2D eigenvalue weighted by molar-refractivity contribution is 9.10. The van der Waals surface area contributed by atoms with Gasteiger partial charge in [-0.25, -0.2) is 9.59 Å². The van der Waals surface area contributed by atoms with Crippen LogP contribution in [0, 0.1) is 0 Å². The summed E-state index contributed by atoms with van der Waals surface area (Å²) in [5.74, 6) is -1.80. The molecule has 0 saturated heterocycles. The molecule has 0 saturated carbocycles. The second kappa shape index (κ2) is 18.6. The first-order valence-electron chi connectivity index (χ1n) is 17.8. The number of nitrogens with zero attached hydrogens (tertiary/aromatic N) is 1. The number of nitrogens with one attached hydrogen (secondary N) is 3. The van der Waals surface area contributed by atoms with Gasteiger partial charge in [-0.05, 0) is 100 Å². The zero-order valence-electron chi connectivity index (χ0n) is 31.2. The second-order valence-electron chi connectivity index (χ2n) is 13.5. The molecule has 4 amide bonds. The van der Waals surface area contributed by atoms with Gasteiger partial charge < -0.3 is 30.3 Å². The third kappa shape index (κ3) is 11.3. The lowest BCUT2D eigenvalue weighted by molar-refractivity contribution is -0.116. The fraction of sp³-hybridized carbons (Fsp3) is 0.293. The summed E-state index contributed by atoms with van der Waals surface area (Å²) in [6, 6.07) is 23.0. The third-order valence-electron chi connectivity index (χ3n) is 8.17. The number of rotatable bonds is 12. The minimum atomic E-state index is -0.652. The zero-order chi connectivity index (χ0) is 39.7. The molecule has 3 N–H and O–H groups in total. The van der Waals surface area contributed by atoms with Crippen LogP contribution in [0.15, 0.2) is 93.9 Å². The molecule has 1 aromatic heterocycles. The fourth-order valence-electron chi connectivity index (χ4n) is 5.59. The molecule has 1 atom stereocenters. The Bertz CT molecular complexity index is 2080. The van der Waals surface area contributed by atoms with Gasteiger partial charge in [0.05, 0.1) is 24.0 Å². The van der Waals surface area contributed by atoms with Crippen molar-refractivity contribution in [3.05, 3.63) is 116 Å². The van der Waals surface area contributed by atoms with Gasteiger partial charge in [0.2, 0.25) is 5.91 Å². The van der Waals surface area contributed by atoms with Gasteiger partial charge in [-0.2, -0.15) is 0 Å². The van der Waals surface area contributed by atoms with Gasteiger partial charge in [-0.1, -0.05) is 59.3 Å². The molecule has 0 radical (unpaired) electrons. The number of esters is 1. The van der Waals surface area contributed by atoms with Gasteiger partial charge in [0.1, 0.15) is 16.3 Å². The first-order chi connectivity index (χ1) is 26.2. The molecule has 0 aliphatic carbocycles. The van der Waals surface area contributed by atoms with Crippen LogP contribution in [0.5, 0.6) is 0 Å². The van der Waals surface area contributed by atoms with Crippen LogP contribution < -0.4 is 16.0 Å². The minimum absolute atomic E-state index is 0.0466. The third-order valence-corrected chi connectivity index (χ3v) is 11.2. The average Bonchev–Trinajstić information content (AvgIpc) is 3.51. The number of amides is 4. The summed E-state index contributed by atoms with van der Waals surface area (Å²) in [7, 11) is 0. The molecule has 0 spiro atoms. The highest BCUT2D eigenvalue weighted by Gasteiger charge is 2.33. The van der Waals surface area contributed by atoms with Gasteiger partial charge in [-0.3, -0.25) is 14.4 Å². The second-order valence-corrected chi connectivity index (χ2v) is 16.8. The summed E-state index contributed by atoms with van der Waals surface area (Å²) >= 11 is 5.99. The van der Waals surface area contributed by atoms with Crippen molar-refractivity contribution >= 4 is 85.6 Å². The molecular weight excluding hydrogens is 805 g/mol. The van der Waals surface area contributed by atoms with Gasteiger partial charge in [0.25, 0.3) is 11.8 Å². The first-order valence-corrected chi connectivity index (χ1v) is 20.3. The highest BCUT2D eigenvalue weighted by atomic mass is 79.9. The van der Waals surface area contributed by atoms with E-state index in [4.69, 9.17) is 9.47 Å². The van der Waals surface area contributed by atoms with Crippen molar-refractivity contribution in [3.8, 4) is 0 Å². The Morgan fingerprint density at radius 3 is 2.36 bits per heavy atom. The molecule has 3 aromatic carbocycles. The van der Waals surface area contributed by atoms with Crippen molar-refractivity contribution in [2.75, 3.05) is 23.8 Å². The van der Waals surface area contributed by atoms with Crippen LogP contribution in [0.25, 0.3) is 6.08 Å². The normalized spacial score (nSPS) is 13.3. The maximum Gasteiger partial charge on any atom is 0.410 e. The number of fused-ring (bicyclic) bond motifs is 1. The number of anilines is 2. The van der Waals surface area contributed by atoms with Crippen LogP contribution in [0.3, 0.4) is 0 Å². The molecule has 288 valence electrons. The standard InChI is InChI=1S/C41H43BrN4O7S2/c1-6-32(37(49)45-38-34(39(50)52-7-2)30-20-21-46(24-33(30)55-38)40(51)53-41(3,4)5)54-29-15-11-14-28(23-29)43-36(48)31(22-25-16-18-27(42)19-17-25)44-35(47)26-12-9-8-10-13-26/h8-19,22-23,32H,6-7,20-21,24H2,1-5H3,(H,43,48)(H,44,47)(H,45,49)/b31-22+. The van der Waals surface area contributed by atoms with Crippen LogP contribution >= 0.6 is 39.0 Å². The Hall–Kier alpha value is -4.92. The lowest BCUT2D eigenvalue weighted by Crippen LogP contribution is -2.39. The molecule has 1 unspecified atom stereocenters. The van der Waals surface area contributed by atoms with E-state index in [2.05, 4.69) is 31.9 Å². The summed E-state index contributed by atoms with van der Waals surface area (Å²) in [4.78, 5) is 69.6. The molecule has 0 bridgehead atoms. The maximum atomic E-state index is 13.8. The Kier molecular flexibility index (Phi) is 14.0. The smallest absolute Gasteiger partial charge is 0.410 e. The van der Waals surface area contributed by atoms with E-state index in [1.54, 1.807) is 87.2 Å². The summed E-state index contributed by atoms with van der Waals surface area (Å²) in [5, 5.41) is 8.43. The predicted octanol–water partition coefficient (Wildman–Crippen LogP) is 8.90. The number of thiophene rings is 1. The van der Waals surface area contributed by atoms with E-state index in [0.29, 0.717) is 46.8 Å². The van der Waals surface area contributed by atoms with Gasteiger partial charge in [-0.15, -0.1) is 23.1 Å². The summed E-state index contributed by atoms with van der Waals surface area (Å²) < 4.78 is 11.8. The Morgan fingerprint density at radius 1 is 0.964 bits per heavy atom. The van der Waals surface area contributed by atoms with Crippen molar-refractivity contribution in [3.63, 3.8) is 0 Å². The molecule has 55 heavy (non-hydrogen) atoms. The van der Waals surface area contributed by atoms with Crippen LogP contribution in [-0.2, 0) is 32.0 Å². The number of ether oxygens (including phenoxy) is 2. The number of hydrogen-bond donors (Lipinski definition) is 3. The van der Waals surface area contributed by atoms with Crippen molar-refractivity contribution in [1.29, 1.82) is 0 Å². The predicted molar refractivity (Wildman–Crippen MR) is 220 cm³/mol. The van der Waals surface area contributed by atoms with E-state index in [-0.39, 0.29) is 24.8 Å². The Labute approximate surface area is 337 Å². The molecular formula is C41H43BrN4O7S2. The monoisotopic (exact) mass is 846 g/mol. The van der Waals surface area contributed by atoms with Crippen LogP contribution in [0.1, 0.15) is 77.8 Å². The zero-order valence-corrected chi connectivity index (χ0v) is 34.4. The van der Waals surface area contributed by atoms with E-state index < -0.39 is 34.7 Å². The minimum Gasteiger partial charge on any atom is -0.462 e. The van der Waals surface area contributed by atoms with Crippen molar-refractivity contribution in [2.24, 2.45) is 0 Å². The maximum absolute atomic E-state index is 13.8. The van der Waals surface area contributed by atoms with Gasteiger partial charge in [0.15, 0.2) is 0 Å². The molecule has 11 nitrogen and oxygen atoms in total. The van der Waals surface area contributed by atoms with Gasteiger partial charge in [0, 0.05) is 32.0 Å². The van der Waals surface area contributed by atoms with Crippen LogP contribution in [0.4, 0.5) is 15.5 Å². The lowest BCUT2D eigenvalue weighted by atomic mass is 10.0. The fourth-order valence-corrected chi connectivity index (χ4v) is 8.12.